The van der Waals surface area contributed by atoms with Gasteiger partial charge in [0.25, 0.3) is 5.96 Å². The monoisotopic (exact) mass is 322 g/mol. The van der Waals surface area contributed by atoms with E-state index in [1.165, 1.54) is 0 Å². The highest BCUT2D eigenvalue weighted by atomic mass is 35.5. The number of hydrogen-bond donors (Lipinski definition) is 3. The minimum atomic E-state index is -0.711. The van der Waals surface area contributed by atoms with Crippen LogP contribution in [0, 0.1) is 15.5 Å². The molecule has 1 heterocycles. The van der Waals surface area contributed by atoms with Crippen LogP contribution in [0.1, 0.15) is 32.1 Å². The van der Waals surface area contributed by atoms with Gasteiger partial charge < -0.3 is 16.4 Å². The third-order valence-corrected chi connectivity index (χ3v) is 3.35. The average Bonchev–Trinajstić information content (AvgIpc) is 2.90. The Balaban J connectivity index is 0.00000400. The van der Waals surface area contributed by atoms with Crippen LogP contribution in [0.15, 0.2) is 0 Å². The Morgan fingerprint density at radius 3 is 2.43 bits per heavy atom. The van der Waals surface area contributed by atoms with E-state index < -0.39 is 17.0 Å². The van der Waals surface area contributed by atoms with Crippen LogP contribution in [-0.2, 0) is 4.79 Å². The number of unbranched alkanes of at least 4 members (excludes halogenated alkanes) is 1. The molecule has 1 aliphatic rings. The summed E-state index contributed by atoms with van der Waals surface area (Å²) in [5.74, 6) is -0.632. The predicted molar refractivity (Wildman–Crippen MR) is 80.5 cm³/mol. The van der Waals surface area contributed by atoms with Crippen LogP contribution in [0.25, 0.3) is 0 Å². The zero-order chi connectivity index (χ0) is 15.1. The average molecular weight is 323 g/mol. The molecule has 0 aromatic rings. The van der Waals surface area contributed by atoms with Crippen molar-refractivity contribution in [1.29, 1.82) is 5.41 Å². The van der Waals surface area contributed by atoms with Crippen molar-refractivity contribution in [2.45, 2.75) is 38.1 Å². The van der Waals surface area contributed by atoms with Gasteiger partial charge in [-0.1, -0.05) is 5.01 Å². The standard InChI is InChI=1S/C11H22N6O3.ClH/c12-9(10(18)15-6-3-4-7-15)5-1-2-8-16(11(13)14)17(19)20;/h9H,1-8,12H2,(H3,13,14);1H/t9-;/m0./s1. The Labute approximate surface area is 129 Å². The van der Waals surface area contributed by atoms with Gasteiger partial charge in [0.05, 0.1) is 12.6 Å². The van der Waals surface area contributed by atoms with Crippen molar-refractivity contribution in [1.82, 2.24) is 9.91 Å². The zero-order valence-electron chi connectivity index (χ0n) is 11.9. The maximum atomic E-state index is 11.9. The quantitative estimate of drug-likeness (QED) is 0.196. The van der Waals surface area contributed by atoms with Crippen molar-refractivity contribution >= 4 is 24.3 Å². The molecule has 0 spiro atoms. The Morgan fingerprint density at radius 2 is 1.95 bits per heavy atom. The van der Waals surface area contributed by atoms with E-state index in [2.05, 4.69) is 0 Å². The predicted octanol–water partition coefficient (Wildman–Crippen LogP) is -0.0846. The molecule has 0 saturated carbocycles. The molecule has 21 heavy (non-hydrogen) atoms. The van der Waals surface area contributed by atoms with Crippen molar-refractivity contribution in [3.8, 4) is 0 Å². The summed E-state index contributed by atoms with van der Waals surface area (Å²) in [6, 6.07) is -0.547. The molecule has 1 rings (SSSR count). The molecule has 1 saturated heterocycles. The molecule has 122 valence electrons. The lowest BCUT2D eigenvalue weighted by Gasteiger charge is -2.20. The molecule has 9 nitrogen and oxygen atoms in total. The molecule has 5 N–H and O–H groups in total. The number of rotatable bonds is 7. The van der Waals surface area contributed by atoms with Crippen molar-refractivity contribution in [2.24, 2.45) is 11.5 Å². The van der Waals surface area contributed by atoms with E-state index in [0.717, 1.165) is 25.9 Å². The fraction of sp³-hybridized carbons (Fsp3) is 0.818. The van der Waals surface area contributed by atoms with Crippen LogP contribution < -0.4 is 11.5 Å². The van der Waals surface area contributed by atoms with Gasteiger partial charge in [0, 0.05) is 13.1 Å². The Kier molecular flexibility index (Phi) is 8.63. The maximum absolute atomic E-state index is 11.9. The van der Waals surface area contributed by atoms with Crippen molar-refractivity contribution in [3.63, 3.8) is 0 Å². The van der Waals surface area contributed by atoms with E-state index in [1.807, 2.05) is 0 Å². The summed E-state index contributed by atoms with van der Waals surface area (Å²) in [6.45, 7) is 1.59. The van der Waals surface area contributed by atoms with Gasteiger partial charge in [-0.25, -0.2) is 10.1 Å². The summed E-state index contributed by atoms with van der Waals surface area (Å²) in [5, 5.41) is 17.5. The topological polar surface area (TPSA) is 143 Å². The normalized spacial score (nSPS) is 15.2. The summed E-state index contributed by atoms with van der Waals surface area (Å²) in [4.78, 5) is 24.3. The summed E-state index contributed by atoms with van der Waals surface area (Å²) < 4.78 is 0. The third-order valence-electron chi connectivity index (χ3n) is 3.35. The number of halogens is 1. The molecule has 0 aliphatic carbocycles. The number of hydrogen-bond acceptors (Lipinski definition) is 5. The van der Waals surface area contributed by atoms with Crippen LogP contribution in [0.3, 0.4) is 0 Å². The SMILES string of the molecule is Cl.N=C(N)N(CCCC[C@H](N)C(=O)N1CCCC1)[N+](=O)[O-]. The van der Waals surface area contributed by atoms with Crippen molar-refractivity contribution in [3.05, 3.63) is 10.1 Å². The highest BCUT2D eigenvalue weighted by Gasteiger charge is 2.23. The second-order valence-corrected chi connectivity index (χ2v) is 4.88. The number of carbonyl (C=O) groups is 1. The first-order valence-corrected chi connectivity index (χ1v) is 6.73. The fourth-order valence-electron chi connectivity index (χ4n) is 2.21. The van der Waals surface area contributed by atoms with Gasteiger partial charge in [-0.3, -0.25) is 10.2 Å². The van der Waals surface area contributed by atoms with Gasteiger partial charge in [-0.15, -0.1) is 12.4 Å². The van der Waals surface area contributed by atoms with Crippen LogP contribution >= 0.6 is 12.4 Å². The fourth-order valence-corrected chi connectivity index (χ4v) is 2.21. The van der Waals surface area contributed by atoms with Gasteiger partial charge >= 0.3 is 0 Å². The minimum absolute atomic E-state index is 0. The van der Waals surface area contributed by atoms with Crippen LogP contribution in [0.5, 0.6) is 0 Å². The van der Waals surface area contributed by atoms with Gasteiger partial charge in [-0.05, 0) is 32.1 Å². The Bertz CT molecular complexity index is 361. The van der Waals surface area contributed by atoms with Crippen molar-refractivity contribution in [2.75, 3.05) is 19.6 Å². The summed E-state index contributed by atoms with van der Waals surface area (Å²) in [5.41, 5.74) is 10.9. The highest BCUT2D eigenvalue weighted by molar-refractivity contribution is 5.85. The number of hydrazine groups is 1. The first-order valence-electron chi connectivity index (χ1n) is 6.73. The number of nitro groups is 1. The number of nitrogens with zero attached hydrogens (tertiary/aromatic N) is 3. The number of likely N-dealkylation sites (tertiary alicyclic amines) is 1. The lowest BCUT2D eigenvalue weighted by molar-refractivity contribution is -0.629. The number of nitrogens with one attached hydrogen (secondary N) is 1. The molecule has 0 bridgehead atoms. The molecule has 1 aliphatic heterocycles. The summed E-state index contributed by atoms with van der Waals surface area (Å²) in [7, 11) is 0. The molecule has 0 aromatic heterocycles. The van der Waals surface area contributed by atoms with E-state index in [-0.39, 0.29) is 24.9 Å². The maximum Gasteiger partial charge on any atom is 0.251 e. The third kappa shape index (κ3) is 6.13. The van der Waals surface area contributed by atoms with E-state index in [1.54, 1.807) is 4.90 Å². The van der Waals surface area contributed by atoms with E-state index >= 15 is 0 Å². The molecule has 1 atom stereocenters. The Morgan fingerprint density at radius 1 is 1.38 bits per heavy atom. The summed E-state index contributed by atoms with van der Waals surface area (Å²) in [6.07, 6.45) is 3.57. The van der Waals surface area contributed by atoms with Crippen LogP contribution in [0.2, 0.25) is 0 Å². The van der Waals surface area contributed by atoms with Crippen LogP contribution in [0.4, 0.5) is 0 Å². The van der Waals surface area contributed by atoms with E-state index in [9.17, 15) is 14.9 Å². The largest absolute Gasteiger partial charge is 0.365 e. The number of carbonyl (C=O) groups excluding carboxylic acids is 1. The number of nitrogens with two attached hydrogens (primary N) is 2. The first kappa shape index (κ1) is 19.4. The van der Waals surface area contributed by atoms with E-state index in [0.29, 0.717) is 24.3 Å². The molecule has 0 unspecified atom stereocenters. The van der Waals surface area contributed by atoms with Gasteiger partial charge in [0.2, 0.25) is 5.91 Å². The van der Waals surface area contributed by atoms with E-state index in [4.69, 9.17) is 16.9 Å². The molecule has 10 heteroatoms. The molecule has 1 amide bonds. The number of guanidine groups is 1. The number of amides is 1. The molecular formula is C11H23ClN6O3. The molecular weight excluding hydrogens is 300 g/mol. The smallest absolute Gasteiger partial charge is 0.251 e. The first-order chi connectivity index (χ1) is 9.43. The molecule has 0 radical (unpaired) electrons. The Hall–Kier alpha value is -1.61. The highest BCUT2D eigenvalue weighted by Crippen LogP contribution is 2.11. The van der Waals surface area contributed by atoms with Gasteiger partial charge in [0.1, 0.15) is 0 Å². The molecule has 1 fully saturated rings. The molecule has 0 aromatic carbocycles. The summed E-state index contributed by atoms with van der Waals surface area (Å²) >= 11 is 0. The lowest BCUT2D eigenvalue weighted by Crippen LogP contribution is -2.43. The van der Waals surface area contributed by atoms with Crippen LogP contribution in [-0.4, -0.2) is 52.5 Å². The zero-order valence-corrected chi connectivity index (χ0v) is 12.7. The van der Waals surface area contributed by atoms with Gasteiger partial charge in [-0.2, -0.15) is 0 Å². The lowest BCUT2D eigenvalue weighted by atomic mass is 10.1. The van der Waals surface area contributed by atoms with Crippen molar-refractivity contribution < 1.29 is 9.83 Å². The van der Waals surface area contributed by atoms with Gasteiger partial charge in [0.15, 0.2) is 5.03 Å². The second kappa shape index (κ2) is 9.35. The minimum Gasteiger partial charge on any atom is -0.365 e. The second-order valence-electron chi connectivity index (χ2n) is 4.88.